The van der Waals surface area contributed by atoms with E-state index < -0.39 is 5.54 Å². The predicted molar refractivity (Wildman–Crippen MR) is 152 cm³/mol. The summed E-state index contributed by atoms with van der Waals surface area (Å²) < 4.78 is 5.34. The van der Waals surface area contributed by atoms with E-state index in [4.69, 9.17) is 21.8 Å². The van der Waals surface area contributed by atoms with Crippen LogP contribution in [0, 0.1) is 0 Å². The second kappa shape index (κ2) is 10.2. The van der Waals surface area contributed by atoms with Gasteiger partial charge < -0.3 is 30.2 Å². The largest absolute Gasteiger partial charge is 0.459 e. The lowest BCUT2D eigenvalue weighted by molar-refractivity contribution is -0.125. The Morgan fingerprint density at radius 1 is 1.05 bits per heavy atom. The van der Waals surface area contributed by atoms with Gasteiger partial charge in [-0.25, -0.2) is 0 Å². The second-order valence-corrected chi connectivity index (χ2v) is 11.5. The number of nitrogens with zero attached hydrogens (tertiary/aromatic N) is 3. The third kappa shape index (κ3) is 4.66. The number of para-hydroxylation sites is 1. The molecule has 8 nitrogen and oxygen atoms in total. The Balaban J connectivity index is 1.10. The zero-order chi connectivity index (χ0) is 27.0. The van der Waals surface area contributed by atoms with E-state index >= 15 is 0 Å². The number of carbonyl (C=O) groups excluding carboxylic acids is 2. The molecular weight excluding hydrogens is 514 g/mol. The zero-order valence-corrected chi connectivity index (χ0v) is 22.7. The van der Waals surface area contributed by atoms with Gasteiger partial charge in [0, 0.05) is 37.3 Å². The van der Waals surface area contributed by atoms with Gasteiger partial charge in [0.2, 0.25) is 5.91 Å². The number of benzene rings is 2. The normalized spacial score (nSPS) is 20.2. The van der Waals surface area contributed by atoms with Crippen LogP contribution in [-0.4, -0.2) is 66.5 Å². The Morgan fingerprint density at radius 2 is 1.82 bits per heavy atom. The highest BCUT2D eigenvalue weighted by Crippen LogP contribution is 2.42. The minimum atomic E-state index is -0.472. The average molecular weight is 548 g/mol. The molecule has 39 heavy (non-hydrogen) atoms. The number of rotatable bonds is 7. The maximum absolute atomic E-state index is 13.0. The molecule has 3 aliphatic rings. The summed E-state index contributed by atoms with van der Waals surface area (Å²) in [6.07, 6.45) is 5.03. The van der Waals surface area contributed by atoms with Gasteiger partial charge in [-0.15, -0.1) is 0 Å². The Morgan fingerprint density at radius 3 is 2.51 bits per heavy atom. The lowest BCUT2D eigenvalue weighted by atomic mass is 9.70. The maximum Gasteiger partial charge on any atom is 0.289 e. The van der Waals surface area contributed by atoms with Crippen molar-refractivity contribution in [2.45, 2.75) is 36.6 Å². The second-order valence-electron chi connectivity index (χ2n) is 11.1. The fourth-order valence-corrected chi connectivity index (χ4v) is 6.73. The van der Waals surface area contributed by atoms with Crippen molar-refractivity contribution in [1.82, 2.24) is 15.1 Å². The monoisotopic (exact) mass is 547 g/mol. The third-order valence-electron chi connectivity index (χ3n) is 8.84. The lowest BCUT2D eigenvalue weighted by Gasteiger charge is -2.51. The van der Waals surface area contributed by atoms with Crippen LogP contribution in [0.3, 0.4) is 0 Å². The number of furan rings is 1. The van der Waals surface area contributed by atoms with Crippen molar-refractivity contribution < 1.29 is 14.0 Å². The number of halogens is 1. The molecule has 0 bridgehead atoms. The average Bonchev–Trinajstić information content (AvgIpc) is 3.58. The van der Waals surface area contributed by atoms with E-state index in [0.717, 1.165) is 56.6 Å². The number of anilines is 2. The summed E-state index contributed by atoms with van der Waals surface area (Å²) in [5.74, 6) is 0.416. The van der Waals surface area contributed by atoms with Crippen molar-refractivity contribution in [3.63, 3.8) is 0 Å². The van der Waals surface area contributed by atoms with Crippen molar-refractivity contribution in [3.05, 3.63) is 83.3 Å². The molecule has 2 amide bonds. The molecule has 2 aromatic carbocycles. The highest BCUT2D eigenvalue weighted by molar-refractivity contribution is 6.33. The van der Waals surface area contributed by atoms with E-state index in [9.17, 15) is 9.59 Å². The Bertz CT molecular complexity index is 1330. The zero-order valence-electron chi connectivity index (χ0n) is 21.9. The highest BCUT2D eigenvalue weighted by Gasteiger charge is 2.50. The highest BCUT2D eigenvalue weighted by atomic mass is 35.5. The Labute approximate surface area is 233 Å². The van der Waals surface area contributed by atoms with Crippen LogP contribution in [0.5, 0.6) is 0 Å². The van der Waals surface area contributed by atoms with Gasteiger partial charge in [-0.05, 0) is 74.2 Å². The van der Waals surface area contributed by atoms with Crippen LogP contribution in [0.25, 0.3) is 0 Å². The first kappa shape index (κ1) is 25.8. The van der Waals surface area contributed by atoms with Crippen LogP contribution in [-0.2, 0) is 10.2 Å². The molecule has 4 heterocycles. The quantitative estimate of drug-likeness (QED) is 0.432. The molecule has 3 saturated heterocycles. The van der Waals surface area contributed by atoms with E-state index in [-0.39, 0.29) is 17.2 Å². The first-order valence-corrected chi connectivity index (χ1v) is 14.0. The van der Waals surface area contributed by atoms with Crippen LogP contribution < -0.4 is 16.0 Å². The van der Waals surface area contributed by atoms with Crippen molar-refractivity contribution in [2.75, 3.05) is 50.0 Å². The Hall–Kier alpha value is -3.49. The lowest BCUT2D eigenvalue weighted by Crippen LogP contribution is -2.61. The number of nitrogens with one attached hydrogen (secondary N) is 1. The molecule has 0 unspecified atom stereocenters. The smallest absolute Gasteiger partial charge is 0.289 e. The van der Waals surface area contributed by atoms with E-state index in [1.54, 1.807) is 12.1 Å². The molecule has 0 saturated carbocycles. The van der Waals surface area contributed by atoms with Crippen LogP contribution >= 0.6 is 11.6 Å². The molecule has 3 N–H and O–H groups in total. The van der Waals surface area contributed by atoms with Crippen LogP contribution in [0.4, 0.5) is 11.4 Å². The summed E-state index contributed by atoms with van der Waals surface area (Å²) in [6.45, 7) is 4.48. The summed E-state index contributed by atoms with van der Waals surface area (Å²) in [7, 11) is 0. The summed E-state index contributed by atoms with van der Waals surface area (Å²) in [5.41, 5.74) is 8.10. The maximum atomic E-state index is 13.0. The standard InChI is InChI=1S/C30H34ClN5O3/c31-24-18-22(9-10-25(24)32)29(19-35(20-29)27(37)26-8-4-17-39-26)11-5-14-34-15-12-30(13-16-34)28(38)33-21-36(30)23-6-2-1-3-7-23/h1-4,6-10,17-18H,5,11-16,19-21,32H2,(H,33,38). The van der Waals surface area contributed by atoms with Crippen LogP contribution in [0.1, 0.15) is 41.8 Å². The molecule has 0 aliphatic carbocycles. The molecule has 6 rings (SSSR count). The number of piperidine rings is 1. The summed E-state index contributed by atoms with van der Waals surface area (Å²) in [4.78, 5) is 32.4. The van der Waals surface area contributed by atoms with Gasteiger partial charge in [-0.1, -0.05) is 35.9 Å². The molecule has 0 atom stereocenters. The molecular formula is C30H34ClN5O3. The van der Waals surface area contributed by atoms with E-state index in [1.807, 2.05) is 41.3 Å². The molecule has 3 aromatic rings. The predicted octanol–water partition coefficient (Wildman–Crippen LogP) is 4.12. The van der Waals surface area contributed by atoms with Gasteiger partial charge in [-0.3, -0.25) is 9.59 Å². The van der Waals surface area contributed by atoms with Crippen molar-refractivity contribution in [2.24, 2.45) is 0 Å². The number of amides is 2. The molecule has 0 radical (unpaired) electrons. The minimum absolute atomic E-state index is 0.0868. The van der Waals surface area contributed by atoms with E-state index in [2.05, 4.69) is 27.2 Å². The number of nitrogens with two attached hydrogens (primary N) is 1. The molecule has 3 fully saturated rings. The molecule has 9 heteroatoms. The summed E-state index contributed by atoms with van der Waals surface area (Å²) in [6, 6.07) is 19.5. The molecule has 3 aliphatic heterocycles. The van der Waals surface area contributed by atoms with Crippen LogP contribution in [0.2, 0.25) is 5.02 Å². The molecule has 1 spiro atoms. The Kier molecular flexibility index (Phi) is 6.77. The fourth-order valence-electron chi connectivity index (χ4n) is 6.55. The van der Waals surface area contributed by atoms with E-state index in [1.165, 1.54) is 6.26 Å². The number of carbonyl (C=O) groups is 2. The van der Waals surface area contributed by atoms with Gasteiger partial charge in [-0.2, -0.15) is 0 Å². The summed E-state index contributed by atoms with van der Waals surface area (Å²) >= 11 is 6.40. The SMILES string of the molecule is Nc1ccc(C2(CCCN3CCC4(CC3)C(=O)NCN4c3ccccc3)CN(C(=O)c3ccco3)C2)cc1Cl. The topological polar surface area (TPSA) is 95.0 Å². The molecule has 204 valence electrons. The van der Waals surface area contributed by atoms with Crippen molar-refractivity contribution >= 4 is 34.8 Å². The number of likely N-dealkylation sites (tertiary alicyclic amines) is 2. The summed E-state index contributed by atoms with van der Waals surface area (Å²) in [5, 5.41) is 3.62. The van der Waals surface area contributed by atoms with Gasteiger partial charge >= 0.3 is 0 Å². The number of hydrogen-bond donors (Lipinski definition) is 2. The van der Waals surface area contributed by atoms with Gasteiger partial charge in [0.1, 0.15) is 5.54 Å². The van der Waals surface area contributed by atoms with Crippen molar-refractivity contribution in [3.8, 4) is 0 Å². The van der Waals surface area contributed by atoms with Gasteiger partial charge in [0.05, 0.1) is 23.6 Å². The first-order chi connectivity index (χ1) is 18.9. The number of nitrogen functional groups attached to an aromatic ring is 1. The van der Waals surface area contributed by atoms with Gasteiger partial charge in [0.25, 0.3) is 5.91 Å². The van der Waals surface area contributed by atoms with E-state index in [0.29, 0.717) is 36.2 Å². The van der Waals surface area contributed by atoms with Crippen LogP contribution in [0.15, 0.2) is 71.3 Å². The number of hydrogen-bond acceptors (Lipinski definition) is 6. The fraction of sp³-hybridized carbons (Fsp3) is 0.400. The minimum Gasteiger partial charge on any atom is -0.459 e. The third-order valence-corrected chi connectivity index (χ3v) is 9.16. The first-order valence-electron chi connectivity index (χ1n) is 13.6. The molecule has 1 aromatic heterocycles. The van der Waals surface area contributed by atoms with Gasteiger partial charge in [0.15, 0.2) is 5.76 Å². The van der Waals surface area contributed by atoms with Crippen molar-refractivity contribution in [1.29, 1.82) is 0 Å².